The molecule has 51 heavy (non-hydrogen) atoms. The van der Waals surface area contributed by atoms with Crippen LogP contribution >= 0.6 is 23.1 Å². The van der Waals surface area contributed by atoms with Crippen LogP contribution in [0, 0.1) is 0 Å². The molecule has 0 N–H and O–H groups in total. The fourth-order valence-electron chi connectivity index (χ4n) is 8.57. The van der Waals surface area contributed by atoms with Crippen LogP contribution < -0.4 is 0 Å². The molecule has 0 radical (unpaired) electrons. The zero-order valence-electron chi connectivity index (χ0n) is 27.5. The van der Waals surface area contributed by atoms with E-state index in [1.54, 1.807) is 0 Å². The highest BCUT2D eigenvalue weighted by molar-refractivity contribution is 7.99. The third-order valence-corrected chi connectivity index (χ3v) is 13.1. The Bertz CT molecular complexity index is 2730. The highest BCUT2D eigenvalue weighted by atomic mass is 32.2. The summed E-state index contributed by atoms with van der Waals surface area (Å²) in [7, 11) is 0. The second-order valence-electron chi connectivity index (χ2n) is 13.4. The maximum Gasteiger partial charge on any atom is 0.0735 e. The van der Waals surface area contributed by atoms with Gasteiger partial charge in [0.25, 0.3) is 0 Å². The van der Waals surface area contributed by atoms with Crippen LogP contribution in [-0.2, 0) is 5.41 Å². The van der Waals surface area contributed by atoms with Gasteiger partial charge in [-0.3, -0.25) is 0 Å². The van der Waals surface area contributed by atoms with Gasteiger partial charge in [0, 0.05) is 41.1 Å². The van der Waals surface area contributed by atoms with Crippen molar-refractivity contribution in [1.29, 1.82) is 0 Å². The minimum absolute atomic E-state index is 0.388. The molecule has 0 saturated heterocycles. The van der Waals surface area contributed by atoms with Crippen molar-refractivity contribution < 1.29 is 0 Å². The van der Waals surface area contributed by atoms with Crippen molar-refractivity contribution in [3.8, 4) is 44.8 Å². The summed E-state index contributed by atoms with van der Waals surface area (Å²) in [5.74, 6) is 0. The first-order chi connectivity index (χ1) is 25.3. The first-order valence-corrected chi connectivity index (χ1v) is 19.0. The molecular formula is C48H29NS2. The predicted octanol–water partition coefficient (Wildman–Crippen LogP) is 13.3. The molecule has 0 unspecified atom stereocenters. The highest BCUT2D eigenvalue weighted by Crippen LogP contribution is 2.63. The van der Waals surface area contributed by atoms with E-state index in [0.717, 1.165) is 17.0 Å². The van der Waals surface area contributed by atoms with Crippen LogP contribution in [0.25, 0.3) is 64.9 Å². The van der Waals surface area contributed by atoms with Gasteiger partial charge < -0.3 is 0 Å². The van der Waals surface area contributed by atoms with E-state index >= 15 is 0 Å². The zero-order chi connectivity index (χ0) is 33.5. The van der Waals surface area contributed by atoms with Gasteiger partial charge in [-0.05, 0) is 74.8 Å². The van der Waals surface area contributed by atoms with E-state index in [2.05, 4.69) is 176 Å². The fraction of sp³-hybridized carbons (Fsp3) is 0.0208. The number of aromatic nitrogens is 1. The smallest absolute Gasteiger partial charge is 0.0735 e. The molecule has 1 aliphatic carbocycles. The van der Waals surface area contributed by atoms with E-state index < -0.39 is 0 Å². The van der Waals surface area contributed by atoms with E-state index in [1.807, 2.05) is 23.1 Å². The number of hydrogen-bond donors (Lipinski definition) is 0. The Morgan fingerprint density at radius 1 is 0.392 bits per heavy atom. The molecule has 0 saturated carbocycles. The lowest BCUT2D eigenvalue weighted by atomic mass is 9.67. The first kappa shape index (κ1) is 29.0. The monoisotopic (exact) mass is 683 g/mol. The fourth-order valence-corrected chi connectivity index (χ4v) is 11.1. The molecule has 2 aliphatic rings. The molecule has 3 heterocycles. The third kappa shape index (κ3) is 4.20. The molecule has 238 valence electrons. The minimum Gasteiger partial charge on any atom is -0.248 e. The summed E-state index contributed by atoms with van der Waals surface area (Å²) in [6, 6.07) is 64.6. The van der Waals surface area contributed by atoms with Crippen molar-refractivity contribution in [2.75, 3.05) is 0 Å². The van der Waals surface area contributed by atoms with Crippen LogP contribution in [0.3, 0.4) is 0 Å². The Kier molecular flexibility index (Phi) is 6.34. The van der Waals surface area contributed by atoms with Gasteiger partial charge in [-0.25, -0.2) is 4.98 Å². The summed E-state index contributed by atoms with van der Waals surface area (Å²) < 4.78 is 2.58. The number of benzene rings is 7. The van der Waals surface area contributed by atoms with Gasteiger partial charge in [-0.2, -0.15) is 0 Å². The van der Waals surface area contributed by atoms with Crippen LogP contribution in [-0.4, -0.2) is 4.98 Å². The maximum atomic E-state index is 5.33. The number of pyridine rings is 1. The van der Waals surface area contributed by atoms with Crippen molar-refractivity contribution in [1.82, 2.24) is 4.98 Å². The highest BCUT2D eigenvalue weighted by Gasteiger charge is 2.50. The van der Waals surface area contributed by atoms with Crippen LogP contribution in [0.1, 0.15) is 22.3 Å². The molecule has 11 rings (SSSR count). The number of nitrogens with zero attached hydrogens (tertiary/aromatic N) is 1. The largest absolute Gasteiger partial charge is 0.248 e. The molecule has 1 nitrogen and oxygen atoms in total. The lowest BCUT2D eigenvalue weighted by Gasteiger charge is -2.39. The van der Waals surface area contributed by atoms with Crippen LogP contribution in [0.2, 0.25) is 0 Å². The average molecular weight is 684 g/mol. The Morgan fingerprint density at radius 2 is 1.00 bits per heavy atom. The van der Waals surface area contributed by atoms with E-state index in [-0.39, 0.29) is 5.41 Å². The van der Waals surface area contributed by atoms with Crippen molar-refractivity contribution in [3.63, 3.8) is 0 Å². The Labute approximate surface area is 304 Å². The molecule has 0 atom stereocenters. The van der Waals surface area contributed by atoms with Gasteiger partial charge >= 0.3 is 0 Å². The van der Waals surface area contributed by atoms with Crippen LogP contribution in [0.5, 0.6) is 0 Å². The van der Waals surface area contributed by atoms with Crippen molar-refractivity contribution in [2.45, 2.75) is 15.2 Å². The molecule has 0 amide bonds. The number of fused-ring (bicyclic) bond motifs is 12. The third-order valence-electron chi connectivity index (χ3n) is 10.7. The summed E-state index contributed by atoms with van der Waals surface area (Å²) in [6.07, 6.45) is 0. The Morgan fingerprint density at radius 3 is 1.75 bits per heavy atom. The normalized spacial score (nSPS) is 13.6. The predicted molar refractivity (Wildman–Crippen MR) is 215 cm³/mol. The van der Waals surface area contributed by atoms with Crippen LogP contribution in [0.15, 0.2) is 186 Å². The minimum atomic E-state index is -0.388. The maximum absolute atomic E-state index is 5.33. The van der Waals surface area contributed by atoms with Gasteiger partial charge in [0.15, 0.2) is 0 Å². The average Bonchev–Trinajstić information content (AvgIpc) is 3.71. The van der Waals surface area contributed by atoms with Crippen molar-refractivity contribution in [2.24, 2.45) is 0 Å². The molecule has 1 aliphatic heterocycles. The molecule has 2 aromatic heterocycles. The molecule has 9 aromatic rings. The SMILES string of the molecule is c1ccc(-c2cc(-c3ccccc3)nc(-c3cccc4c3sc3cc5c(cc34)C3(c4ccccc4S5)c4ccccc4-c4ccccc43)c2)cc1. The van der Waals surface area contributed by atoms with Gasteiger partial charge in [-0.1, -0.05) is 157 Å². The van der Waals surface area contributed by atoms with Gasteiger partial charge in [0.2, 0.25) is 0 Å². The Hall–Kier alpha value is -5.74. The van der Waals surface area contributed by atoms with E-state index in [0.29, 0.717) is 0 Å². The molecule has 1 spiro atoms. The van der Waals surface area contributed by atoms with Crippen LogP contribution in [0.4, 0.5) is 0 Å². The second-order valence-corrected chi connectivity index (χ2v) is 15.6. The Balaban J connectivity index is 1.18. The van der Waals surface area contributed by atoms with Crippen molar-refractivity contribution in [3.05, 3.63) is 198 Å². The summed E-state index contributed by atoms with van der Waals surface area (Å²) in [6.45, 7) is 0. The van der Waals surface area contributed by atoms with Crippen molar-refractivity contribution >= 4 is 43.3 Å². The summed E-state index contributed by atoms with van der Waals surface area (Å²) in [4.78, 5) is 7.99. The van der Waals surface area contributed by atoms with Gasteiger partial charge in [-0.15, -0.1) is 11.3 Å². The van der Waals surface area contributed by atoms with E-state index in [1.165, 1.54) is 80.0 Å². The molecule has 3 heteroatoms. The zero-order valence-corrected chi connectivity index (χ0v) is 29.1. The topological polar surface area (TPSA) is 12.9 Å². The second kappa shape index (κ2) is 11.1. The van der Waals surface area contributed by atoms with E-state index in [4.69, 9.17) is 4.98 Å². The molecule has 7 aromatic carbocycles. The summed E-state index contributed by atoms with van der Waals surface area (Å²) in [5, 5.41) is 2.58. The summed E-state index contributed by atoms with van der Waals surface area (Å²) >= 11 is 3.80. The van der Waals surface area contributed by atoms with Gasteiger partial charge in [0.1, 0.15) is 0 Å². The number of thiophene rings is 1. The quantitative estimate of drug-likeness (QED) is 0.184. The molecule has 0 fully saturated rings. The summed E-state index contributed by atoms with van der Waals surface area (Å²) in [5.41, 5.74) is 14.4. The standard InChI is InChI=1S/C48H29NS2/c1-3-14-30(15-4-1)32-26-42(31-16-5-2-6-17-31)49-43(27-32)36-21-13-20-35-37-28-41-46(29-45(37)51-47(35)36)50-44-25-12-11-24-40(44)48(41)38-22-9-7-18-33(38)34-19-8-10-23-39(34)48/h1-29H. The first-order valence-electron chi connectivity index (χ1n) is 17.4. The van der Waals surface area contributed by atoms with E-state index in [9.17, 15) is 0 Å². The molecule has 0 bridgehead atoms. The lowest BCUT2D eigenvalue weighted by Crippen LogP contribution is -2.31. The van der Waals surface area contributed by atoms with Gasteiger partial charge in [0.05, 0.1) is 16.8 Å². The number of rotatable bonds is 3. The lowest BCUT2D eigenvalue weighted by molar-refractivity contribution is 0.724. The number of hydrogen-bond acceptors (Lipinski definition) is 3. The molecular weight excluding hydrogens is 655 g/mol.